The van der Waals surface area contributed by atoms with Gasteiger partial charge in [0.25, 0.3) is 0 Å². The summed E-state index contributed by atoms with van der Waals surface area (Å²) in [6.45, 7) is 7.77. The largest absolute Gasteiger partial charge is 0.467 e. The number of nitrogens with zero attached hydrogens (tertiary/aromatic N) is 3. The van der Waals surface area contributed by atoms with Gasteiger partial charge < -0.3 is 19.2 Å². The van der Waals surface area contributed by atoms with E-state index >= 15 is 0 Å². The average Bonchev–Trinajstić information content (AvgIpc) is 3.56. The van der Waals surface area contributed by atoms with Crippen LogP contribution in [0, 0.1) is 13.8 Å². The minimum Gasteiger partial charge on any atom is -0.467 e. The van der Waals surface area contributed by atoms with Crippen LogP contribution in [0.1, 0.15) is 42.5 Å². The van der Waals surface area contributed by atoms with Crippen molar-refractivity contribution >= 4 is 23.3 Å². The van der Waals surface area contributed by atoms with Gasteiger partial charge in [-0.3, -0.25) is 9.69 Å². The predicted octanol–water partition coefficient (Wildman–Crippen LogP) is 6.07. The van der Waals surface area contributed by atoms with Crippen molar-refractivity contribution in [2.24, 2.45) is 0 Å². The number of aromatic nitrogens is 1. The van der Waals surface area contributed by atoms with E-state index in [0.29, 0.717) is 11.4 Å². The number of anilines is 2. The maximum Gasteiger partial charge on any atom is 0.322 e. The van der Waals surface area contributed by atoms with Gasteiger partial charge in [0, 0.05) is 17.9 Å². The lowest BCUT2D eigenvalue weighted by Crippen LogP contribution is -2.49. The third kappa shape index (κ3) is 4.17. The summed E-state index contributed by atoms with van der Waals surface area (Å²) in [5, 5.41) is 2.96. The number of nitrogens with one attached hydrogen (secondary N) is 1. The number of furan rings is 1. The number of hydrogen-bond donors (Lipinski definition) is 1. The lowest BCUT2D eigenvalue weighted by Gasteiger charge is -2.38. The normalized spacial score (nSPS) is 14.4. The van der Waals surface area contributed by atoms with Crippen LogP contribution < -0.4 is 10.2 Å². The van der Waals surface area contributed by atoms with E-state index in [2.05, 4.69) is 9.88 Å². The predicted molar refractivity (Wildman–Crippen MR) is 141 cm³/mol. The molecule has 0 spiro atoms. The van der Waals surface area contributed by atoms with E-state index in [-0.39, 0.29) is 24.5 Å². The van der Waals surface area contributed by atoms with Gasteiger partial charge in [-0.05, 0) is 87.4 Å². The summed E-state index contributed by atoms with van der Waals surface area (Å²) in [6.07, 6.45) is 3.60. The second-order valence-corrected chi connectivity index (χ2v) is 9.42. The van der Waals surface area contributed by atoms with Crippen LogP contribution in [0.25, 0.3) is 5.69 Å². The van der Waals surface area contributed by atoms with Gasteiger partial charge in [-0.2, -0.15) is 0 Å². The molecular formula is C29H30N4O3. The number of carbonyl (C=O) groups is 2. The van der Waals surface area contributed by atoms with Crippen LogP contribution in [0.15, 0.2) is 83.6 Å². The molecule has 1 atom stereocenters. The number of aryl methyl sites for hydroxylation is 2. The van der Waals surface area contributed by atoms with E-state index in [9.17, 15) is 9.59 Å². The van der Waals surface area contributed by atoms with Crippen molar-refractivity contribution in [1.29, 1.82) is 0 Å². The van der Waals surface area contributed by atoms with Crippen LogP contribution in [0.3, 0.4) is 0 Å². The number of fused-ring (bicyclic) bond motifs is 3. The highest BCUT2D eigenvalue weighted by Gasteiger charge is 2.38. The summed E-state index contributed by atoms with van der Waals surface area (Å²) >= 11 is 0. The highest BCUT2D eigenvalue weighted by molar-refractivity contribution is 6.01. The summed E-state index contributed by atoms with van der Waals surface area (Å²) < 4.78 is 7.88. The molecule has 4 aromatic rings. The number of benzene rings is 2. The zero-order valence-corrected chi connectivity index (χ0v) is 20.9. The molecule has 1 N–H and O–H groups in total. The summed E-state index contributed by atoms with van der Waals surface area (Å²) in [7, 11) is 0. The van der Waals surface area contributed by atoms with E-state index in [4.69, 9.17) is 4.42 Å². The van der Waals surface area contributed by atoms with Crippen LogP contribution in [0.4, 0.5) is 16.2 Å². The van der Waals surface area contributed by atoms with E-state index in [1.54, 1.807) is 16.1 Å². The molecule has 3 amide bonds. The minimum absolute atomic E-state index is 0.0827. The maximum atomic E-state index is 14.0. The Bertz CT molecular complexity index is 1400. The SMILES string of the molecule is Cc1ccc(NC(=O)N(CC(=O)N2c3ccccc3-n3cccc3C2c2ccco2)C(C)C)cc1C. The Morgan fingerprint density at radius 2 is 1.75 bits per heavy atom. The molecule has 2 aromatic heterocycles. The Labute approximate surface area is 210 Å². The number of amides is 3. The van der Waals surface area contributed by atoms with Gasteiger partial charge in [-0.1, -0.05) is 18.2 Å². The van der Waals surface area contributed by atoms with Gasteiger partial charge >= 0.3 is 6.03 Å². The average molecular weight is 483 g/mol. The van der Waals surface area contributed by atoms with Crippen molar-refractivity contribution < 1.29 is 14.0 Å². The van der Waals surface area contributed by atoms with Gasteiger partial charge in [0.2, 0.25) is 5.91 Å². The van der Waals surface area contributed by atoms with Crippen LogP contribution >= 0.6 is 0 Å². The van der Waals surface area contributed by atoms with Gasteiger partial charge in [0.15, 0.2) is 0 Å². The monoisotopic (exact) mass is 482 g/mol. The second kappa shape index (κ2) is 9.41. The van der Waals surface area contributed by atoms with Crippen LogP contribution in [-0.2, 0) is 4.79 Å². The zero-order chi connectivity index (χ0) is 25.4. The molecule has 184 valence electrons. The highest BCUT2D eigenvalue weighted by atomic mass is 16.3. The second-order valence-electron chi connectivity index (χ2n) is 9.42. The number of urea groups is 1. The molecule has 2 aromatic carbocycles. The maximum absolute atomic E-state index is 14.0. The fourth-order valence-electron chi connectivity index (χ4n) is 4.70. The van der Waals surface area contributed by atoms with Gasteiger partial charge in [0.1, 0.15) is 18.3 Å². The van der Waals surface area contributed by atoms with Crippen molar-refractivity contribution in [3.63, 3.8) is 0 Å². The Morgan fingerprint density at radius 3 is 2.44 bits per heavy atom. The molecule has 0 bridgehead atoms. The number of para-hydroxylation sites is 2. The van der Waals surface area contributed by atoms with Gasteiger partial charge in [0.05, 0.1) is 23.3 Å². The molecule has 1 aliphatic heterocycles. The van der Waals surface area contributed by atoms with Crippen LogP contribution in [-0.4, -0.2) is 34.0 Å². The van der Waals surface area contributed by atoms with Crippen molar-refractivity contribution in [3.05, 3.63) is 102 Å². The standard InChI is InChI=1S/C29H30N4O3/c1-19(2)32(29(35)30-22-14-13-20(3)21(4)17-22)18-27(34)33-24-10-6-5-9-23(24)31-15-7-11-25(31)28(33)26-12-8-16-36-26/h5-17,19,28H,18H2,1-4H3,(H,30,35). The molecule has 7 heteroatoms. The third-order valence-corrected chi connectivity index (χ3v) is 6.75. The van der Waals surface area contributed by atoms with Crippen molar-refractivity contribution in [3.8, 4) is 5.69 Å². The number of rotatable bonds is 5. The summed E-state index contributed by atoms with van der Waals surface area (Å²) in [4.78, 5) is 30.6. The molecular weight excluding hydrogens is 452 g/mol. The van der Waals surface area contributed by atoms with Crippen molar-refractivity contribution in [2.45, 2.75) is 39.8 Å². The van der Waals surface area contributed by atoms with E-state index in [1.807, 2.05) is 101 Å². The quantitative estimate of drug-likeness (QED) is 0.376. The Balaban J connectivity index is 1.48. The smallest absolute Gasteiger partial charge is 0.322 e. The molecule has 3 heterocycles. The first-order valence-corrected chi connectivity index (χ1v) is 12.1. The van der Waals surface area contributed by atoms with E-state index in [1.165, 1.54) is 0 Å². The molecule has 0 radical (unpaired) electrons. The topological polar surface area (TPSA) is 70.7 Å². The molecule has 0 saturated carbocycles. The van der Waals surface area contributed by atoms with E-state index < -0.39 is 6.04 Å². The number of hydrogen-bond acceptors (Lipinski definition) is 3. The highest BCUT2D eigenvalue weighted by Crippen LogP contribution is 2.42. The molecule has 1 unspecified atom stereocenters. The van der Waals surface area contributed by atoms with Gasteiger partial charge in [-0.25, -0.2) is 4.79 Å². The van der Waals surface area contributed by atoms with Crippen molar-refractivity contribution in [2.75, 3.05) is 16.8 Å². The first-order valence-electron chi connectivity index (χ1n) is 12.1. The Kier molecular flexibility index (Phi) is 6.14. The van der Waals surface area contributed by atoms with Crippen molar-refractivity contribution in [1.82, 2.24) is 9.47 Å². The molecule has 0 aliphatic carbocycles. The summed E-state index contributed by atoms with van der Waals surface area (Å²) in [6, 6.07) is 20.3. The molecule has 5 rings (SSSR count). The number of carbonyl (C=O) groups excluding carboxylic acids is 2. The minimum atomic E-state index is -0.450. The first kappa shape index (κ1) is 23.5. The van der Waals surface area contributed by atoms with E-state index in [0.717, 1.165) is 28.2 Å². The fraction of sp³-hybridized carbons (Fsp3) is 0.241. The Morgan fingerprint density at radius 1 is 0.972 bits per heavy atom. The zero-order valence-electron chi connectivity index (χ0n) is 20.9. The van der Waals surface area contributed by atoms with Crippen LogP contribution in [0.2, 0.25) is 0 Å². The first-order chi connectivity index (χ1) is 17.3. The molecule has 7 nitrogen and oxygen atoms in total. The molecule has 36 heavy (non-hydrogen) atoms. The summed E-state index contributed by atoms with van der Waals surface area (Å²) in [5.41, 5.74) is 5.55. The third-order valence-electron chi connectivity index (χ3n) is 6.75. The lowest BCUT2D eigenvalue weighted by molar-refractivity contribution is -0.120. The fourth-order valence-corrected chi connectivity index (χ4v) is 4.70. The molecule has 0 fully saturated rings. The van der Waals surface area contributed by atoms with Gasteiger partial charge in [-0.15, -0.1) is 0 Å². The van der Waals surface area contributed by atoms with Crippen LogP contribution in [0.5, 0.6) is 0 Å². The molecule has 1 aliphatic rings. The Hall–Kier alpha value is -4.26. The molecule has 0 saturated heterocycles. The summed E-state index contributed by atoms with van der Waals surface area (Å²) in [5.74, 6) is 0.466. The lowest BCUT2D eigenvalue weighted by atomic mass is 10.0.